The molecule has 7 unspecified atom stereocenters. The number of hydrogen-bond acceptors (Lipinski definition) is 9. The Hall–Kier alpha value is -4.63. The standard InChI is InChI=1S/C46H61F3N4O7S/c1-8-29(4)36(24-40(55)38-16-12-13-21-52(38)7)44(57)53(26-33-14-10-9-11-15-33)39(28(2)3)25-41(60-31(6)54)43-51-37(27-61-43)42(56)50-35(22-30(5)45(58)59)23-32-17-19-34(20-18-32)46(47,48)49/h9-11,14-15,17-20,27-30,35-36,38-39,41H,8,12-13,16,21-26H2,1-7H3,(H,50,56)(H,58,59). The highest BCUT2D eigenvalue weighted by atomic mass is 32.1. The van der Waals surface area contributed by atoms with Gasteiger partial charge in [0.05, 0.1) is 17.5 Å². The number of nitrogens with one attached hydrogen (secondary N) is 1. The fourth-order valence-corrected chi connectivity index (χ4v) is 8.85. The number of halogens is 3. The van der Waals surface area contributed by atoms with Crippen LogP contribution in [-0.2, 0) is 43.1 Å². The number of carbonyl (C=O) groups excluding carboxylic acids is 4. The largest absolute Gasteiger partial charge is 0.481 e. The molecular weight excluding hydrogens is 810 g/mol. The summed E-state index contributed by atoms with van der Waals surface area (Å²) in [6.07, 6.45) is -1.72. The number of ketones is 1. The van der Waals surface area contributed by atoms with Crippen molar-refractivity contribution in [3.8, 4) is 0 Å². The van der Waals surface area contributed by atoms with Crippen LogP contribution in [0.3, 0.4) is 0 Å². The van der Waals surface area contributed by atoms with Gasteiger partial charge in [-0.05, 0) is 74.4 Å². The van der Waals surface area contributed by atoms with Gasteiger partial charge in [-0.1, -0.05) is 89.9 Å². The van der Waals surface area contributed by atoms with Crippen molar-refractivity contribution in [2.24, 2.45) is 23.7 Å². The molecular formula is C46H61F3N4O7S. The fourth-order valence-electron chi connectivity index (χ4n) is 8.02. The van der Waals surface area contributed by atoms with Crippen molar-refractivity contribution in [3.63, 3.8) is 0 Å². The van der Waals surface area contributed by atoms with Crippen molar-refractivity contribution >= 4 is 40.9 Å². The molecule has 1 saturated heterocycles. The molecule has 2 amide bonds. The molecule has 61 heavy (non-hydrogen) atoms. The van der Waals surface area contributed by atoms with E-state index in [0.717, 1.165) is 54.8 Å². The Bertz CT molecular complexity index is 1920. The Balaban J connectivity index is 1.64. The minimum atomic E-state index is -4.52. The lowest BCUT2D eigenvalue weighted by Gasteiger charge is -2.40. The summed E-state index contributed by atoms with van der Waals surface area (Å²) in [5, 5.41) is 14.3. The minimum absolute atomic E-state index is 0.00287. The maximum atomic E-state index is 15.0. The van der Waals surface area contributed by atoms with Crippen LogP contribution in [0, 0.1) is 23.7 Å². The quantitative estimate of drug-likeness (QED) is 0.100. The number of ether oxygens (including phenoxy) is 1. The third-order valence-electron chi connectivity index (χ3n) is 11.8. The predicted octanol–water partition coefficient (Wildman–Crippen LogP) is 8.77. The molecule has 7 atom stereocenters. The molecule has 0 spiro atoms. The molecule has 4 rings (SSSR count). The van der Waals surface area contributed by atoms with E-state index in [2.05, 4.69) is 15.2 Å². The summed E-state index contributed by atoms with van der Waals surface area (Å²) in [5.74, 6) is -4.11. The normalized spacial score (nSPS) is 17.7. The van der Waals surface area contributed by atoms with Gasteiger partial charge in [-0.15, -0.1) is 11.3 Å². The van der Waals surface area contributed by atoms with Gasteiger partial charge in [0.15, 0.2) is 11.9 Å². The third kappa shape index (κ3) is 14.2. The van der Waals surface area contributed by atoms with Gasteiger partial charge < -0.3 is 20.1 Å². The maximum Gasteiger partial charge on any atom is 0.416 e. The second-order valence-corrected chi connectivity index (χ2v) is 17.8. The minimum Gasteiger partial charge on any atom is -0.481 e. The predicted molar refractivity (Wildman–Crippen MR) is 228 cm³/mol. The van der Waals surface area contributed by atoms with E-state index in [1.165, 1.54) is 31.4 Å². The monoisotopic (exact) mass is 870 g/mol. The van der Waals surface area contributed by atoms with E-state index in [1.807, 2.05) is 70.0 Å². The van der Waals surface area contributed by atoms with Crippen LogP contribution in [0.5, 0.6) is 0 Å². The van der Waals surface area contributed by atoms with Crippen LogP contribution in [0.2, 0.25) is 0 Å². The Kier molecular flexibility index (Phi) is 18.1. The van der Waals surface area contributed by atoms with E-state index in [-0.39, 0.29) is 67.5 Å². The highest BCUT2D eigenvalue weighted by molar-refractivity contribution is 7.09. The molecule has 2 heterocycles. The number of Topliss-reactive ketones (excluding diaryl/α,β-unsaturated/α-hetero) is 1. The van der Waals surface area contributed by atoms with Crippen molar-refractivity contribution in [1.82, 2.24) is 20.1 Å². The number of carboxylic acid groups (broad SMARTS) is 1. The number of esters is 1. The number of amides is 2. The summed E-state index contributed by atoms with van der Waals surface area (Å²) in [6.45, 7) is 11.8. The zero-order valence-electron chi connectivity index (χ0n) is 36.2. The summed E-state index contributed by atoms with van der Waals surface area (Å²) in [5.41, 5.74) is 0.524. The molecule has 0 aliphatic carbocycles. The molecule has 3 aromatic rings. The summed E-state index contributed by atoms with van der Waals surface area (Å²) in [6, 6.07) is 12.6. The Morgan fingerprint density at radius 2 is 1.66 bits per heavy atom. The van der Waals surface area contributed by atoms with E-state index in [1.54, 1.807) is 0 Å². The third-order valence-corrected chi connectivity index (χ3v) is 12.7. The maximum absolute atomic E-state index is 15.0. The highest BCUT2D eigenvalue weighted by Crippen LogP contribution is 2.35. The number of likely N-dealkylation sites (tertiary alicyclic amines) is 1. The van der Waals surface area contributed by atoms with E-state index < -0.39 is 59.6 Å². The Morgan fingerprint density at radius 3 is 2.23 bits per heavy atom. The lowest BCUT2D eigenvalue weighted by molar-refractivity contribution is -0.150. The number of likely N-dealkylation sites (N-methyl/N-ethyl adjacent to an activating group) is 1. The van der Waals surface area contributed by atoms with Crippen LogP contribution in [0.1, 0.15) is 125 Å². The van der Waals surface area contributed by atoms with Gasteiger partial charge in [-0.3, -0.25) is 28.9 Å². The summed E-state index contributed by atoms with van der Waals surface area (Å²) < 4.78 is 45.5. The van der Waals surface area contributed by atoms with Crippen LogP contribution in [0.15, 0.2) is 60.0 Å². The number of nitrogens with zero attached hydrogens (tertiary/aromatic N) is 3. The molecule has 0 saturated carbocycles. The van der Waals surface area contributed by atoms with Crippen LogP contribution in [0.4, 0.5) is 13.2 Å². The number of alkyl halides is 3. The number of thiazole rings is 1. The first kappa shape index (κ1) is 49.0. The van der Waals surface area contributed by atoms with Crippen molar-refractivity contribution in [2.75, 3.05) is 13.6 Å². The molecule has 15 heteroatoms. The lowest BCUT2D eigenvalue weighted by atomic mass is 9.82. The van der Waals surface area contributed by atoms with Gasteiger partial charge in [0, 0.05) is 49.7 Å². The van der Waals surface area contributed by atoms with Gasteiger partial charge in [0.1, 0.15) is 10.7 Å². The summed E-state index contributed by atoms with van der Waals surface area (Å²) in [7, 11) is 1.96. The molecule has 1 aliphatic rings. The molecule has 1 aromatic heterocycles. The van der Waals surface area contributed by atoms with Crippen LogP contribution in [-0.4, -0.2) is 81.1 Å². The zero-order valence-corrected chi connectivity index (χ0v) is 37.1. The van der Waals surface area contributed by atoms with E-state index >= 15 is 4.79 Å². The average molecular weight is 871 g/mol. The van der Waals surface area contributed by atoms with Gasteiger partial charge in [-0.2, -0.15) is 13.2 Å². The number of aliphatic carboxylic acids is 1. The molecule has 0 radical (unpaired) electrons. The number of aromatic nitrogens is 1. The molecule has 2 aromatic carbocycles. The van der Waals surface area contributed by atoms with Crippen molar-refractivity contribution in [2.45, 2.75) is 130 Å². The van der Waals surface area contributed by atoms with Gasteiger partial charge >= 0.3 is 18.1 Å². The first-order valence-electron chi connectivity index (χ1n) is 21.2. The molecule has 0 bridgehead atoms. The number of benzene rings is 2. The fraction of sp³-hybridized carbons (Fsp3) is 0.565. The number of carboxylic acids is 1. The lowest BCUT2D eigenvalue weighted by Crippen LogP contribution is -2.49. The second-order valence-electron chi connectivity index (χ2n) is 16.9. The highest BCUT2D eigenvalue weighted by Gasteiger charge is 2.39. The van der Waals surface area contributed by atoms with Crippen LogP contribution < -0.4 is 5.32 Å². The molecule has 11 nitrogen and oxygen atoms in total. The number of piperidine rings is 1. The average Bonchev–Trinajstić information content (AvgIpc) is 3.71. The number of hydrogen-bond donors (Lipinski definition) is 2. The van der Waals surface area contributed by atoms with Crippen molar-refractivity contribution < 1.29 is 47.0 Å². The molecule has 2 N–H and O–H groups in total. The first-order valence-corrected chi connectivity index (χ1v) is 22.1. The molecule has 1 aliphatic heterocycles. The van der Waals surface area contributed by atoms with Crippen molar-refractivity contribution in [3.05, 3.63) is 87.4 Å². The SMILES string of the molecule is CCC(C)C(CC(=O)C1CCCCN1C)C(=O)N(Cc1ccccc1)C(CC(OC(C)=O)c1nc(C(=O)NC(Cc2ccc(C(F)(F)F)cc2)CC(C)C(=O)O)cs1)C(C)C. The second kappa shape index (κ2) is 22.5. The van der Waals surface area contributed by atoms with E-state index in [9.17, 15) is 37.5 Å². The number of carbonyl (C=O) groups is 5. The van der Waals surface area contributed by atoms with Gasteiger partial charge in [-0.25, -0.2) is 4.98 Å². The number of rotatable bonds is 21. The smallest absolute Gasteiger partial charge is 0.416 e. The van der Waals surface area contributed by atoms with Crippen molar-refractivity contribution in [1.29, 1.82) is 0 Å². The molecule has 334 valence electrons. The van der Waals surface area contributed by atoms with Crippen LogP contribution in [0.25, 0.3) is 0 Å². The van der Waals surface area contributed by atoms with E-state index in [0.29, 0.717) is 17.0 Å². The summed E-state index contributed by atoms with van der Waals surface area (Å²) >= 11 is 1.10. The van der Waals surface area contributed by atoms with E-state index in [4.69, 9.17) is 4.74 Å². The first-order chi connectivity index (χ1) is 28.8. The topological polar surface area (TPSA) is 146 Å². The molecule has 1 fully saturated rings. The zero-order chi connectivity index (χ0) is 45.0. The van der Waals surface area contributed by atoms with Gasteiger partial charge in [0.2, 0.25) is 5.91 Å². The Labute approximate surface area is 361 Å². The van der Waals surface area contributed by atoms with Gasteiger partial charge in [0.25, 0.3) is 5.91 Å². The Morgan fingerprint density at radius 1 is 0.984 bits per heavy atom. The summed E-state index contributed by atoms with van der Waals surface area (Å²) in [4.78, 5) is 75.5. The van der Waals surface area contributed by atoms with Crippen LogP contribution >= 0.6 is 11.3 Å².